The fourth-order valence-electron chi connectivity index (χ4n) is 2.66. The molecular weight excluding hydrogens is 252 g/mol. The first-order valence-electron chi connectivity index (χ1n) is 7.78. The van der Waals surface area contributed by atoms with Gasteiger partial charge < -0.3 is 15.2 Å². The number of carbonyl (C=O) groups excluding carboxylic acids is 1. The number of rotatable bonds is 7. The second-order valence-electron chi connectivity index (χ2n) is 5.62. The predicted molar refractivity (Wildman–Crippen MR) is 79.2 cm³/mol. The van der Waals surface area contributed by atoms with E-state index >= 15 is 0 Å². The lowest BCUT2D eigenvalue weighted by Crippen LogP contribution is -2.38. The van der Waals surface area contributed by atoms with Crippen LogP contribution in [0.4, 0.5) is 0 Å². The summed E-state index contributed by atoms with van der Waals surface area (Å²) in [7, 11) is 0. The molecule has 20 heavy (non-hydrogen) atoms. The third-order valence-electron chi connectivity index (χ3n) is 3.72. The van der Waals surface area contributed by atoms with Gasteiger partial charge in [0.1, 0.15) is 6.54 Å². The Morgan fingerprint density at radius 2 is 2.20 bits per heavy atom. The summed E-state index contributed by atoms with van der Waals surface area (Å²) in [5, 5.41) is 6.43. The van der Waals surface area contributed by atoms with Crippen LogP contribution in [0.15, 0.2) is 12.5 Å². The van der Waals surface area contributed by atoms with Crippen molar-refractivity contribution < 1.29 is 4.79 Å². The number of amides is 1. The van der Waals surface area contributed by atoms with Crippen LogP contribution >= 0.6 is 0 Å². The Labute approximate surface area is 121 Å². The van der Waals surface area contributed by atoms with Crippen LogP contribution in [-0.2, 0) is 17.9 Å². The molecule has 0 spiro atoms. The smallest absolute Gasteiger partial charge is 0.240 e. The van der Waals surface area contributed by atoms with Crippen LogP contribution in [0.25, 0.3) is 0 Å². The summed E-state index contributed by atoms with van der Waals surface area (Å²) < 4.78 is 1.86. The summed E-state index contributed by atoms with van der Waals surface area (Å²) in [5.41, 5.74) is 0.990. The monoisotopic (exact) mass is 278 g/mol. The molecule has 1 amide bonds. The van der Waals surface area contributed by atoms with E-state index in [0.717, 1.165) is 38.0 Å². The van der Waals surface area contributed by atoms with E-state index in [9.17, 15) is 4.79 Å². The summed E-state index contributed by atoms with van der Waals surface area (Å²) in [5.74, 6) is 0.0994. The van der Waals surface area contributed by atoms with Gasteiger partial charge in [0.05, 0.1) is 12.0 Å². The summed E-state index contributed by atoms with van der Waals surface area (Å²) >= 11 is 0. The molecule has 1 aromatic heterocycles. The van der Waals surface area contributed by atoms with E-state index < -0.39 is 0 Å². The van der Waals surface area contributed by atoms with Crippen molar-refractivity contribution in [3.8, 4) is 0 Å². The van der Waals surface area contributed by atoms with Crippen LogP contribution in [-0.4, -0.2) is 28.0 Å². The van der Waals surface area contributed by atoms with Crippen molar-refractivity contribution >= 4 is 5.91 Å². The number of hydrogen-bond donors (Lipinski definition) is 2. The van der Waals surface area contributed by atoms with Crippen LogP contribution in [0.5, 0.6) is 0 Å². The minimum absolute atomic E-state index is 0.0994. The quantitative estimate of drug-likeness (QED) is 0.748. The van der Waals surface area contributed by atoms with Gasteiger partial charge in [-0.2, -0.15) is 0 Å². The van der Waals surface area contributed by atoms with E-state index in [1.165, 1.54) is 19.3 Å². The Balaban J connectivity index is 1.73. The zero-order chi connectivity index (χ0) is 14.2. The molecule has 0 bridgehead atoms. The Kier molecular flexibility index (Phi) is 6.05. The molecule has 0 radical (unpaired) electrons. The van der Waals surface area contributed by atoms with E-state index in [-0.39, 0.29) is 5.91 Å². The number of imidazole rings is 1. The average Bonchev–Trinajstić information content (AvgIpc) is 2.87. The molecule has 1 heterocycles. The molecule has 0 saturated heterocycles. The maximum Gasteiger partial charge on any atom is 0.240 e. The summed E-state index contributed by atoms with van der Waals surface area (Å²) in [6, 6.07) is 0.380. The van der Waals surface area contributed by atoms with Crippen LogP contribution < -0.4 is 10.6 Å². The van der Waals surface area contributed by atoms with E-state index in [2.05, 4.69) is 22.5 Å². The molecule has 1 aliphatic rings. The lowest BCUT2D eigenvalue weighted by Gasteiger charge is -2.22. The molecule has 1 aromatic rings. The van der Waals surface area contributed by atoms with Crippen molar-refractivity contribution in [3.63, 3.8) is 0 Å². The number of nitrogens with one attached hydrogen (secondary N) is 2. The lowest BCUT2D eigenvalue weighted by molar-refractivity contribution is -0.122. The zero-order valence-electron chi connectivity index (χ0n) is 12.4. The van der Waals surface area contributed by atoms with Crippen molar-refractivity contribution in [2.75, 3.05) is 6.54 Å². The topological polar surface area (TPSA) is 59.0 Å². The standard InChI is InChI=1S/C15H26N4O/c1-2-8-16-9-14-10-19(12-17-14)11-15(20)18-13-6-4-3-5-7-13/h10,12-13,16H,2-9,11H2,1H3,(H,18,20). The Hall–Kier alpha value is -1.36. The van der Waals surface area contributed by atoms with Gasteiger partial charge in [0.2, 0.25) is 5.91 Å². The summed E-state index contributed by atoms with van der Waals surface area (Å²) in [6.45, 7) is 4.28. The Morgan fingerprint density at radius 1 is 1.40 bits per heavy atom. The van der Waals surface area contributed by atoms with Gasteiger partial charge in [-0.3, -0.25) is 4.79 Å². The first-order valence-corrected chi connectivity index (χ1v) is 7.78. The highest BCUT2D eigenvalue weighted by molar-refractivity contribution is 5.76. The highest BCUT2D eigenvalue weighted by Gasteiger charge is 2.15. The lowest BCUT2D eigenvalue weighted by atomic mass is 9.95. The molecule has 5 nitrogen and oxygen atoms in total. The molecule has 2 rings (SSSR count). The van der Waals surface area contributed by atoms with E-state index in [4.69, 9.17) is 0 Å². The number of carbonyl (C=O) groups is 1. The fraction of sp³-hybridized carbons (Fsp3) is 0.733. The minimum atomic E-state index is 0.0994. The largest absolute Gasteiger partial charge is 0.352 e. The van der Waals surface area contributed by atoms with Crippen LogP contribution in [0, 0.1) is 0 Å². The third-order valence-corrected chi connectivity index (χ3v) is 3.72. The number of nitrogens with zero attached hydrogens (tertiary/aromatic N) is 2. The van der Waals surface area contributed by atoms with Crippen molar-refractivity contribution in [1.29, 1.82) is 0 Å². The van der Waals surface area contributed by atoms with Crippen LogP contribution in [0.1, 0.15) is 51.1 Å². The maximum absolute atomic E-state index is 12.0. The summed E-state index contributed by atoms with van der Waals surface area (Å²) in [4.78, 5) is 16.3. The van der Waals surface area contributed by atoms with E-state index in [1.807, 2.05) is 10.8 Å². The molecule has 0 atom stereocenters. The van der Waals surface area contributed by atoms with Gasteiger partial charge in [-0.25, -0.2) is 4.98 Å². The van der Waals surface area contributed by atoms with Crippen molar-refractivity contribution in [1.82, 2.24) is 20.2 Å². The van der Waals surface area contributed by atoms with Crippen molar-refractivity contribution in [2.45, 2.75) is 64.6 Å². The predicted octanol–water partition coefficient (Wildman–Crippen LogP) is 1.83. The molecule has 1 aliphatic carbocycles. The summed E-state index contributed by atoms with van der Waals surface area (Å²) in [6.07, 6.45) is 10.8. The average molecular weight is 278 g/mol. The molecular formula is C15H26N4O. The molecule has 0 aliphatic heterocycles. The van der Waals surface area contributed by atoms with Gasteiger partial charge in [0, 0.05) is 18.8 Å². The van der Waals surface area contributed by atoms with Gasteiger partial charge >= 0.3 is 0 Å². The maximum atomic E-state index is 12.0. The number of hydrogen-bond acceptors (Lipinski definition) is 3. The van der Waals surface area contributed by atoms with Crippen molar-refractivity contribution in [3.05, 3.63) is 18.2 Å². The normalized spacial score (nSPS) is 16.2. The molecule has 0 aromatic carbocycles. The molecule has 5 heteroatoms. The first-order chi connectivity index (χ1) is 9.78. The zero-order valence-corrected chi connectivity index (χ0v) is 12.4. The highest BCUT2D eigenvalue weighted by Crippen LogP contribution is 2.17. The van der Waals surface area contributed by atoms with Gasteiger partial charge in [-0.15, -0.1) is 0 Å². The minimum Gasteiger partial charge on any atom is -0.352 e. The third kappa shape index (κ3) is 4.96. The molecule has 112 valence electrons. The van der Waals surface area contributed by atoms with Crippen LogP contribution in [0.3, 0.4) is 0 Å². The van der Waals surface area contributed by atoms with E-state index in [0.29, 0.717) is 12.6 Å². The fourth-order valence-corrected chi connectivity index (χ4v) is 2.66. The molecule has 0 unspecified atom stereocenters. The Bertz CT molecular complexity index is 410. The molecule has 1 saturated carbocycles. The van der Waals surface area contributed by atoms with Crippen LogP contribution in [0.2, 0.25) is 0 Å². The first kappa shape index (κ1) is 15.0. The van der Waals surface area contributed by atoms with Crippen molar-refractivity contribution in [2.24, 2.45) is 0 Å². The molecule has 2 N–H and O–H groups in total. The number of aromatic nitrogens is 2. The highest BCUT2D eigenvalue weighted by atomic mass is 16.2. The second kappa shape index (κ2) is 8.04. The van der Waals surface area contributed by atoms with Gasteiger partial charge in [-0.05, 0) is 25.8 Å². The van der Waals surface area contributed by atoms with Gasteiger partial charge in [-0.1, -0.05) is 26.2 Å². The SMILES string of the molecule is CCCNCc1cn(CC(=O)NC2CCCCC2)cn1. The second-order valence-corrected chi connectivity index (χ2v) is 5.62. The molecule has 1 fully saturated rings. The Morgan fingerprint density at radius 3 is 2.95 bits per heavy atom. The van der Waals surface area contributed by atoms with Gasteiger partial charge in [0.25, 0.3) is 0 Å². The van der Waals surface area contributed by atoms with Gasteiger partial charge in [0.15, 0.2) is 0 Å². The van der Waals surface area contributed by atoms with E-state index in [1.54, 1.807) is 6.33 Å².